The van der Waals surface area contributed by atoms with Crippen LogP contribution in [0.4, 0.5) is 0 Å². The maximum atomic E-state index is 13.1. The van der Waals surface area contributed by atoms with Crippen molar-refractivity contribution in [2.45, 2.75) is 51.4 Å². The van der Waals surface area contributed by atoms with E-state index in [4.69, 9.17) is 5.11 Å². The second-order valence-corrected chi connectivity index (χ2v) is 8.09. The van der Waals surface area contributed by atoms with Gasteiger partial charge in [-0.2, -0.15) is 0 Å². The Morgan fingerprint density at radius 1 is 1.19 bits per heavy atom. The molecule has 0 unspecified atom stereocenters. The lowest BCUT2D eigenvalue weighted by atomic mass is 9.72. The topological polar surface area (TPSA) is 60.9 Å². The Balaban J connectivity index is 1.61. The summed E-state index contributed by atoms with van der Waals surface area (Å²) in [4.78, 5) is 29.2. The Hall–Kier alpha value is -1.88. The number of likely N-dealkylation sites (tertiary alicyclic amines) is 2. The van der Waals surface area contributed by atoms with Crippen LogP contribution in [0.3, 0.4) is 0 Å². The summed E-state index contributed by atoms with van der Waals surface area (Å²) in [7, 11) is 0. The van der Waals surface area contributed by atoms with Crippen LogP contribution in [0.2, 0.25) is 0 Å². The number of carbonyl (C=O) groups excluding carboxylic acids is 2. The van der Waals surface area contributed by atoms with Crippen molar-refractivity contribution in [2.75, 3.05) is 32.8 Å². The third-order valence-corrected chi connectivity index (χ3v) is 6.38. The molecule has 3 rings (SSSR count). The van der Waals surface area contributed by atoms with Gasteiger partial charge in [0.2, 0.25) is 11.8 Å². The number of aliphatic hydroxyl groups is 1. The van der Waals surface area contributed by atoms with Crippen molar-refractivity contribution in [3.8, 4) is 0 Å². The van der Waals surface area contributed by atoms with Crippen LogP contribution in [0, 0.1) is 5.41 Å². The molecule has 1 aromatic rings. The Morgan fingerprint density at radius 3 is 2.52 bits per heavy atom. The zero-order chi connectivity index (χ0) is 19.3. The van der Waals surface area contributed by atoms with Crippen LogP contribution in [0.25, 0.3) is 0 Å². The summed E-state index contributed by atoms with van der Waals surface area (Å²) in [6.45, 7) is 5.19. The molecule has 0 aliphatic carbocycles. The Labute approximate surface area is 162 Å². The maximum Gasteiger partial charge on any atom is 0.230 e. The van der Waals surface area contributed by atoms with Crippen LogP contribution in [-0.2, 0) is 9.59 Å². The molecule has 1 aromatic carbocycles. The second kappa shape index (κ2) is 8.87. The van der Waals surface area contributed by atoms with Crippen molar-refractivity contribution in [1.29, 1.82) is 0 Å². The van der Waals surface area contributed by atoms with E-state index in [0.29, 0.717) is 19.4 Å². The monoisotopic (exact) mass is 372 g/mol. The van der Waals surface area contributed by atoms with Gasteiger partial charge in [-0.05, 0) is 43.1 Å². The van der Waals surface area contributed by atoms with Crippen molar-refractivity contribution in [1.82, 2.24) is 9.80 Å². The number of nitrogens with zero attached hydrogens (tertiary/aromatic N) is 2. The van der Waals surface area contributed by atoms with Gasteiger partial charge in [0, 0.05) is 39.2 Å². The zero-order valence-corrected chi connectivity index (χ0v) is 16.4. The number of hydrogen-bond acceptors (Lipinski definition) is 3. The first kappa shape index (κ1) is 19.9. The lowest BCUT2D eigenvalue weighted by Gasteiger charge is -2.48. The molecule has 5 heteroatoms. The normalized spacial score (nSPS) is 20.7. The summed E-state index contributed by atoms with van der Waals surface area (Å²) in [6.07, 6.45) is 4.91. The molecule has 2 heterocycles. The van der Waals surface area contributed by atoms with E-state index in [1.807, 2.05) is 40.1 Å². The minimum Gasteiger partial charge on any atom is -0.396 e. The average Bonchev–Trinajstić information content (AvgIpc) is 2.71. The van der Waals surface area contributed by atoms with E-state index in [9.17, 15) is 9.59 Å². The number of benzene rings is 1. The molecule has 2 saturated heterocycles. The lowest BCUT2D eigenvalue weighted by molar-refractivity contribution is -0.143. The van der Waals surface area contributed by atoms with Gasteiger partial charge >= 0.3 is 0 Å². The van der Waals surface area contributed by atoms with Crippen molar-refractivity contribution < 1.29 is 14.7 Å². The summed E-state index contributed by atoms with van der Waals surface area (Å²) in [5, 5.41) is 9.07. The molecule has 2 aliphatic heterocycles. The van der Waals surface area contributed by atoms with Crippen LogP contribution < -0.4 is 0 Å². The number of hydrogen-bond donors (Lipinski definition) is 1. The Bertz CT molecular complexity index is 638. The quantitative estimate of drug-likeness (QED) is 0.835. The van der Waals surface area contributed by atoms with Crippen LogP contribution in [0.5, 0.6) is 0 Å². The fourth-order valence-electron chi connectivity index (χ4n) is 4.64. The van der Waals surface area contributed by atoms with Gasteiger partial charge < -0.3 is 14.9 Å². The Morgan fingerprint density at radius 2 is 1.89 bits per heavy atom. The van der Waals surface area contributed by atoms with Gasteiger partial charge in [-0.1, -0.05) is 37.3 Å². The third kappa shape index (κ3) is 4.52. The van der Waals surface area contributed by atoms with E-state index in [-0.39, 0.29) is 29.8 Å². The summed E-state index contributed by atoms with van der Waals surface area (Å²) in [6, 6.07) is 10.1. The van der Waals surface area contributed by atoms with Crippen LogP contribution >= 0.6 is 0 Å². The number of piperidine rings is 2. The van der Waals surface area contributed by atoms with Gasteiger partial charge in [0.1, 0.15) is 0 Å². The van der Waals surface area contributed by atoms with Crippen molar-refractivity contribution in [2.24, 2.45) is 5.41 Å². The summed E-state index contributed by atoms with van der Waals surface area (Å²) < 4.78 is 0. The number of amides is 2. The van der Waals surface area contributed by atoms with Gasteiger partial charge in [0.05, 0.1) is 5.92 Å². The van der Waals surface area contributed by atoms with Gasteiger partial charge in [0.15, 0.2) is 0 Å². The highest BCUT2D eigenvalue weighted by Gasteiger charge is 2.42. The molecule has 0 aromatic heterocycles. The van der Waals surface area contributed by atoms with Crippen molar-refractivity contribution in [3.63, 3.8) is 0 Å². The van der Waals surface area contributed by atoms with Crippen molar-refractivity contribution >= 4 is 11.8 Å². The summed E-state index contributed by atoms with van der Waals surface area (Å²) >= 11 is 0. The van der Waals surface area contributed by atoms with Crippen LogP contribution in [-0.4, -0.2) is 59.5 Å². The fourth-order valence-corrected chi connectivity index (χ4v) is 4.64. The molecule has 0 bridgehead atoms. The van der Waals surface area contributed by atoms with E-state index < -0.39 is 0 Å². The molecule has 5 nitrogen and oxygen atoms in total. The highest BCUT2D eigenvalue weighted by molar-refractivity contribution is 5.84. The summed E-state index contributed by atoms with van der Waals surface area (Å²) in [5.41, 5.74) is 1.25. The highest BCUT2D eigenvalue weighted by Crippen LogP contribution is 2.41. The highest BCUT2D eigenvalue weighted by atomic mass is 16.3. The zero-order valence-electron chi connectivity index (χ0n) is 16.4. The van der Waals surface area contributed by atoms with E-state index in [2.05, 4.69) is 6.92 Å². The molecule has 2 aliphatic rings. The minimum absolute atomic E-state index is 0.0609. The van der Waals surface area contributed by atoms with Gasteiger partial charge in [0.25, 0.3) is 0 Å². The van der Waals surface area contributed by atoms with E-state index >= 15 is 0 Å². The second-order valence-electron chi connectivity index (χ2n) is 8.09. The molecule has 2 amide bonds. The molecular weight excluding hydrogens is 340 g/mol. The predicted molar refractivity (Wildman–Crippen MR) is 105 cm³/mol. The molecule has 0 radical (unpaired) electrons. The van der Waals surface area contributed by atoms with Gasteiger partial charge in [-0.15, -0.1) is 0 Å². The molecule has 27 heavy (non-hydrogen) atoms. The lowest BCUT2D eigenvalue weighted by Crippen LogP contribution is -2.53. The number of carbonyl (C=O) groups is 2. The molecule has 0 saturated carbocycles. The van der Waals surface area contributed by atoms with Gasteiger partial charge in [-0.3, -0.25) is 9.59 Å². The van der Waals surface area contributed by atoms with E-state index in [1.165, 1.54) is 0 Å². The van der Waals surface area contributed by atoms with Crippen LogP contribution in [0.15, 0.2) is 30.3 Å². The SMILES string of the molecule is CC[C@H](C(=O)N1CCC2(CCC(=O)N(CCCO)C2)CC1)c1ccccc1. The molecule has 1 atom stereocenters. The molecule has 1 N–H and O–H groups in total. The smallest absolute Gasteiger partial charge is 0.230 e. The standard InChI is InChI=1S/C22H32N2O3/c1-2-19(18-7-4-3-5-8-18)21(27)23-14-11-22(12-15-23)10-9-20(26)24(17-22)13-6-16-25/h3-5,7-8,19,25H,2,6,9-17H2,1H3/t19-/m0/s1. The number of rotatable bonds is 6. The van der Waals surface area contributed by atoms with Crippen LogP contribution in [0.1, 0.15) is 56.9 Å². The van der Waals surface area contributed by atoms with E-state index in [1.54, 1.807) is 0 Å². The van der Waals surface area contributed by atoms with Gasteiger partial charge in [-0.25, -0.2) is 0 Å². The molecule has 2 fully saturated rings. The third-order valence-electron chi connectivity index (χ3n) is 6.38. The fraction of sp³-hybridized carbons (Fsp3) is 0.636. The first-order valence-corrected chi connectivity index (χ1v) is 10.3. The number of aliphatic hydroxyl groups excluding tert-OH is 1. The first-order valence-electron chi connectivity index (χ1n) is 10.3. The van der Waals surface area contributed by atoms with Crippen molar-refractivity contribution in [3.05, 3.63) is 35.9 Å². The molecule has 1 spiro atoms. The maximum absolute atomic E-state index is 13.1. The predicted octanol–water partition coefficient (Wildman–Crippen LogP) is 2.79. The van der Waals surface area contributed by atoms with E-state index in [0.717, 1.165) is 50.9 Å². The molecule has 148 valence electrons. The Kier molecular flexibility index (Phi) is 6.53. The average molecular weight is 373 g/mol. The first-order chi connectivity index (χ1) is 13.1. The minimum atomic E-state index is -0.0609. The summed E-state index contributed by atoms with van der Waals surface area (Å²) in [5.74, 6) is 0.388. The largest absolute Gasteiger partial charge is 0.396 e. The molecular formula is C22H32N2O3.